The van der Waals surface area contributed by atoms with E-state index >= 15 is 0 Å². The highest BCUT2D eigenvalue weighted by molar-refractivity contribution is 6.99. The second-order valence-corrected chi connectivity index (χ2v) is 19.6. The Balaban J connectivity index is 1.06. The predicted octanol–water partition coefficient (Wildman–Crippen LogP) is 9.56. The lowest BCUT2D eigenvalue weighted by Crippen LogP contribution is -2.64. The first kappa shape index (κ1) is 37.5. The van der Waals surface area contributed by atoms with Crippen LogP contribution in [0.15, 0.2) is 29.5 Å². The summed E-state index contributed by atoms with van der Waals surface area (Å²) in [7, 11) is 0. The van der Waals surface area contributed by atoms with E-state index in [1.807, 2.05) is 0 Å². The van der Waals surface area contributed by atoms with Gasteiger partial charge in [0.15, 0.2) is 0 Å². The van der Waals surface area contributed by atoms with Gasteiger partial charge in [0.25, 0.3) is 0 Å². The van der Waals surface area contributed by atoms with Gasteiger partial charge in [0, 0.05) is 18.6 Å². The van der Waals surface area contributed by atoms with Crippen molar-refractivity contribution in [2.24, 2.45) is 51.2 Å². The summed E-state index contributed by atoms with van der Waals surface area (Å²) in [6.07, 6.45) is 24.6. The third-order valence-electron chi connectivity index (χ3n) is 16.3. The fourth-order valence-corrected chi connectivity index (χ4v) is 14.4. The number of nitrogens with one attached hydrogen (secondary N) is 1. The normalized spacial score (nSPS) is 40.0. The molecule has 8 heteroatoms. The summed E-state index contributed by atoms with van der Waals surface area (Å²) < 4.78 is 14.0. The first-order valence-corrected chi connectivity index (χ1v) is 21.7. The quantitative estimate of drug-likeness (QED) is 0.210. The molecule has 284 valence electrons. The van der Waals surface area contributed by atoms with Gasteiger partial charge in [0.05, 0.1) is 11.7 Å². The van der Waals surface area contributed by atoms with Gasteiger partial charge >= 0.3 is 5.97 Å². The molecule has 4 saturated carbocycles. The highest BCUT2D eigenvalue weighted by Crippen LogP contribution is 2.72. The van der Waals surface area contributed by atoms with Crippen LogP contribution in [0, 0.1) is 51.2 Å². The van der Waals surface area contributed by atoms with Gasteiger partial charge in [-0.3, -0.25) is 4.79 Å². The lowest BCUT2D eigenvalue weighted by molar-refractivity contribution is -0.175. The number of carboxylic acid groups (broad SMARTS) is 1. The number of allylic oxidation sites excluding steroid dienone is 4. The van der Waals surface area contributed by atoms with E-state index < -0.39 is 11.4 Å². The summed E-state index contributed by atoms with van der Waals surface area (Å²) in [5.41, 5.74) is 3.17. The molecule has 4 unspecified atom stereocenters. The van der Waals surface area contributed by atoms with Crippen LogP contribution >= 0.6 is 11.7 Å². The summed E-state index contributed by atoms with van der Waals surface area (Å²) in [6, 6.07) is 0. The van der Waals surface area contributed by atoms with E-state index in [1.165, 1.54) is 101 Å². The van der Waals surface area contributed by atoms with Gasteiger partial charge in [-0.25, -0.2) is 0 Å². The van der Waals surface area contributed by atoms with Crippen molar-refractivity contribution in [3.8, 4) is 5.88 Å². The van der Waals surface area contributed by atoms with Crippen LogP contribution in [0.1, 0.15) is 138 Å². The van der Waals surface area contributed by atoms with E-state index in [1.54, 1.807) is 6.20 Å². The maximum Gasteiger partial charge on any atom is 0.313 e. The largest absolute Gasteiger partial charge is 0.481 e. The van der Waals surface area contributed by atoms with Crippen molar-refractivity contribution < 1.29 is 14.6 Å². The summed E-state index contributed by atoms with van der Waals surface area (Å²) in [5.74, 6) is 3.69. The van der Waals surface area contributed by atoms with Gasteiger partial charge in [0.1, 0.15) is 18.2 Å². The SMILES string of the molecule is CCCN(CCC)CCN[C@]12CCC[C@@H]1[C@H]1CCC3[C@@](C)(CCC4C(C)(C)C(C5=CCC(COc6cnsn6)(C(=O)O)CC5)=CC[C@@]43C)C1CC2. The monoisotopic (exact) mass is 721 g/mol. The van der Waals surface area contributed by atoms with Crippen molar-refractivity contribution in [2.45, 2.75) is 143 Å². The molecule has 9 atom stereocenters. The molecule has 0 spiro atoms. The fourth-order valence-electron chi connectivity index (χ4n) is 14.1. The Labute approximate surface area is 313 Å². The lowest BCUT2D eigenvalue weighted by atomic mass is 9.37. The third kappa shape index (κ3) is 6.47. The van der Waals surface area contributed by atoms with Gasteiger partial charge in [-0.2, -0.15) is 4.37 Å². The van der Waals surface area contributed by atoms with E-state index in [0.717, 1.165) is 54.8 Å². The Kier molecular flexibility index (Phi) is 10.7. The molecule has 7 rings (SSSR count). The minimum Gasteiger partial charge on any atom is -0.481 e. The molecule has 0 aromatic carbocycles. The zero-order valence-electron chi connectivity index (χ0n) is 32.8. The first-order chi connectivity index (χ1) is 24.4. The van der Waals surface area contributed by atoms with Crippen LogP contribution in [0.25, 0.3) is 0 Å². The van der Waals surface area contributed by atoms with Gasteiger partial charge in [0.2, 0.25) is 5.88 Å². The van der Waals surface area contributed by atoms with E-state index in [-0.39, 0.29) is 12.0 Å². The Bertz CT molecular complexity index is 1450. The molecule has 1 aromatic rings. The Morgan fingerprint density at radius 3 is 2.41 bits per heavy atom. The number of carboxylic acids is 1. The maximum atomic E-state index is 12.6. The van der Waals surface area contributed by atoms with Crippen molar-refractivity contribution in [1.82, 2.24) is 19.0 Å². The van der Waals surface area contributed by atoms with Gasteiger partial charge < -0.3 is 20.1 Å². The van der Waals surface area contributed by atoms with E-state index in [9.17, 15) is 9.90 Å². The molecule has 0 amide bonds. The molecule has 0 aliphatic heterocycles. The molecule has 1 aromatic heterocycles. The number of hydrogen-bond donors (Lipinski definition) is 2. The van der Waals surface area contributed by atoms with Crippen LogP contribution in [0.3, 0.4) is 0 Å². The van der Waals surface area contributed by atoms with Crippen LogP contribution in [0.2, 0.25) is 0 Å². The van der Waals surface area contributed by atoms with Crippen LogP contribution in [-0.2, 0) is 4.79 Å². The minimum atomic E-state index is -0.914. The molecule has 51 heavy (non-hydrogen) atoms. The van der Waals surface area contributed by atoms with Crippen LogP contribution in [0.5, 0.6) is 5.88 Å². The van der Waals surface area contributed by atoms with Gasteiger partial charge in [-0.15, -0.1) is 4.37 Å². The molecule has 7 nitrogen and oxygen atoms in total. The van der Waals surface area contributed by atoms with Crippen molar-refractivity contribution in [3.63, 3.8) is 0 Å². The minimum absolute atomic E-state index is 0.0729. The standard InChI is InChI=1S/C43H68N4O3S/c1-7-25-47(26-8-2)27-24-44-43-18-9-10-34(43)31-11-12-36-40(5,33(31)16-23-43)20-17-35-39(3,4)32(15-19-41(35,36)6)30-13-21-42(22-14-30,38(48)49)29-50-37-28-45-51-46-37/h13,15,28,31,33-36,44H,7-12,14,16-27,29H2,1-6H3,(H,48,49)/t31-,33?,34+,35?,36?,40-,41-,42?,43-/m0/s1. The predicted molar refractivity (Wildman–Crippen MR) is 207 cm³/mol. The third-order valence-corrected chi connectivity index (χ3v) is 16.8. The van der Waals surface area contributed by atoms with Gasteiger partial charge in [-0.05, 0) is 160 Å². The molecular formula is C43H68N4O3S. The van der Waals surface area contributed by atoms with E-state index in [2.05, 4.69) is 72.7 Å². The molecule has 6 aliphatic carbocycles. The summed E-state index contributed by atoms with van der Waals surface area (Å²) in [4.78, 5) is 15.3. The maximum absolute atomic E-state index is 12.6. The zero-order valence-corrected chi connectivity index (χ0v) is 33.6. The highest BCUT2D eigenvalue weighted by atomic mass is 32.1. The summed E-state index contributed by atoms with van der Waals surface area (Å²) >= 11 is 1.09. The second-order valence-electron chi connectivity index (χ2n) is 19.1. The molecule has 0 bridgehead atoms. The zero-order chi connectivity index (χ0) is 36.1. The number of aliphatic carboxylic acids is 1. The number of nitrogens with zero attached hydrogens (tertiary/aromatic N) is 3. The number of hydrogen-bond acceptors (Lipinski definition) is 7. The molecule has 0 radical (unpaired) electrons. The lowest BCUT2D eigenvalue weighted by Gasteiger charge is -2.68. The average Bonchev–Trinajstić information content (AvgIpc) is 3.78. The smallest absolute Gasteiger partial charge is 0.313 e. The molecule has 2 N–H and O–H groups in total. The van der Waals surface area contributed by atoms with Crippen LogP contribution < -0.4 is 10.1 Å². The van der Waals surface area contributed by atoms with Crippen molar-refractivity contribution in [1.29, 1.82) is 0 Å². The Hall–Kier alpha value is -1.77. The molecule has 0 saturated heterocycles. The van der Waals surface area contributed by atoms with Crippen LogP contribution in [0.4, 0.5) is 0 Å². The van der Waals surface area contributed by atoms with E-state index in [4.69, 9.17) is 4.74 Å². The summed E-state index contributed by atoms with van der Waals surface area (Å²) in [6.45, 7) is 20.1. The van der Waals surface area contributed by atoms with Crippen LogP contribution in [-0.4, -0.2) is 63.0 Å². The first-order valence-electron chi connectivity index (χ1n) is 20.9. The van der Waals surface area contributed by atoms with Gasteiger partial charge in [-0.1, -0.05) is 60.1 Å². The topological polar surface area (TPSA) is 87.6 Å². The Morgan fingerprint density at radius 2 is 1.73 bits per heavy atom. The number of aromatic nitrogens is 2. The molecule has 4 fully saturated rings. The van der Waals surface area contributed by atoms with Crippen molar-refractivity contribution in [3.05, 3.63) is 29.5 Å². The number of carbonyl (C=O) groups is 1. The number of fused-ring (bicyclic) bond motifs is 7. The molecular weight excluding hydrogens is 653 g/mol. The number of ether oxygens (including phenoxy) is 1. The van der Waals surface area contributed by atoms with E-state index in [0.29, 0.717) is 41.0 Å². The number of rotatable bonds is 13. The summed E-state index contributed by atoms with van der Waals surface area (Å²) in [5, 5.41) is 14.6. The van der Waals surface area contributed by atoms with Crippen molar-refractivity contribution in [2.75, 3.05) is 32.8 Å². The van der Waals surface area contributed by atoms with Crippen molar-refractivity contribution >= 4 is 17.7 Å². The average molecular weight is 721 g/mol. The second kappa shape index (κ2) is 14.5. The molecule has 1 heterocycles. The molecule has 6 aliphatic rings. The fraction of sp³-hybridized carbons (Fsp3) is 0.837. The Morgan fingerprint density at radius 1 is 0.922 bits per heavy atom. The highest BCUT2D eigenvalue weighted by Gasteiger charge is 2.65.